The fraction of sp³-hybridized carbons (Fsp3) is 0.250. The number of ether oxygens (including phenoxy) is 2. The molecule has 0 aliphatic rings. The van der Waals surface area contributed by atoms with Crippen LogP contribution >= 0.6 is 0 Å². The maximum absolute atomic E-state index is 12.3. The average Bonchev–Trinajstić information content (AvgIpc) is 2.93. The number of carbonyl (C=O) groups excluding carboxylic acids is 4. The number of anilines is 2. The molecule has 0 saturated heterocycles. The summed E-state index contributed by atoms with van der Waals surface area (Å²) < 4.78 is 13.6. The van der Waals surface area contributed by atoms with Gasteiger partial charge in [0, 0.05) is 40.3 Å². The Bertz CT molecular complexity index is 1620. The lowest BCUT2D eigenvalue weighted by molar-refractivity contribution is -0.119. The lowest BCUT2D eigenvalue weighted by atomic mass is 10.1. The van der Waals surface area contributed by atoms with Gasteiger partial charge in [0.05, 0.1) is 11.1 Å². The van der Waals surface area contributed by atoms with Crippen molar-refractivity contribution in [1.29, 1.82) is 0 Å². The molecule has 0 bridgehead atoms. The number of rotatable bonds is 8. The van der Waals surface area contributed by atoms with Gasteiger partial charge in [-0.25, -0.2) is 19.2 Å². The molecule has 2 amide bonds. The summed E-state index contributed by atoms with van der Waals surface area (Å²) in [6, 6.07) is 7.01. The summed E-state index contributed by atoms with van der Waals surface area (Å²) in [5, 5.41) is 4.61. The Morgan fingerprint density at radius 3 is 1.25 bits per heavy atom. The molecule has 0 aliphatic carbocycles. The van der Waals surface area contributed by atoms with Crippen LogP contribution in [0.2, 0.25) is 0 Å². The Morgan fingerprint density at radius 1 is 0.600 bits per heavy atom. The van der Waals surface area contributed by atoms with Crippen LogP contribution in [0.3, 0.4) is 0 Å². The zero-order valence-electron chi connectivity index (χ0n) is 21.7. The number of esters is 2. The zero-order chi connectivity index (χ0) is 29.7. The first-order valence-corrected chi connectivity index (χ1v) is 11.4. The minimum absolute atomic E-state index is 0.00496. The maximum Gasteiger partial charge on any atom is 0.338 e. The van der Waals surface area contributed by atoms with Gasteiger partial charge in [0.1, 0.15) is 11.6 Å². The lowest BCUT2D eigenvalue weighted by Gasteiger charge is -2.11. The van der Waals surface area contributed by atoms with E-state index in [9.17, 15) is 38.4 Å². The second-order valence-corrected chi connectivity index (χ2v) is 8.36. The van der Waals surface area contributed by atoms with Crippen LogP contribution in [0, 0.1) is 0 Å². The van der Waals surface area contributed by atoms with Gasteiger partial charge in [-0.05, 0) is 24.3 Å². The predicted molar refractivity (Wildman–Crippen MR) is 138 cm³/mol. The number of amides is 2. The summed E-state index contributed by atoms with van der Waals surface area (Å²) in [6.07, 6.45) is 0. The molecule has 1 aromatic carbocycles. The van der Waals surface area contributed by atoms with Gasteiger partial charge in [0.25, 0.3) is 22.9 Å². The van der Waals surface area contributed by atoms with Crippen LogP contribution in [0.4, 0.5) is 11.6 Å². The monoisotopic (exact) mass is 556 g/mol. The number of nitrogens with zero attached hydrogens (tertiary/aromatic N) is 4. The summed E-state index contributed by atoms with van der Waals surface area (Å²) in [6.45, 7) is -1.44. The van der Waals surface area contributed by atoms with E-state index < -0.39 is 59.5 Å². The van der Waals surface area contributed by atoms with Crippen molar-refractivity contribution in [1.82, 2.24) is 18.3 Å². The molecule has 2 N–H and O–H groups in total. The van der Waals surface area contributed by atoms with Crippen molar-refractivity contribution in [3.63, 3.8) is 0 Å². The van der Waals surface area contributed by atoms with Gasteiger partial charge in [-0.2, -0.15) is 0 Å². The van der Waals surface area contributed by atoms with Crippen LogP contribution in [0.1, 0.15) is 20.7 Å². The normalized spacial score (nSPS) is 10.5. The van der Waals surface area contributed by atoms with Crippen LogP contribution in [0.5, 0.6) is 0 Å². The molecule has 2 heterocycles. The van der Waals surface area contributed by atoms with Gasteiger partial charge in [-0.3, -0.25) is 37.4 Å². The summed E-state index contributed by atoms with van der Waals surface area (Å²) in [5.74, 6) is -3.55. The Kier molecular flexibility index (Phi) is 8.62. The molecule has 0 radical (unpaired) electrons. The number of carbonyl (C=O) groups is 4. The standard InChI is InChI=1S/C24H24N6O10/c1-27-15(9-19(33)29(3)23(27)37)25-17(31)11-39-21(35)13-5-7-14(8-6-13)22(36)40-12-18(32)26-16-10-20(34)30(4)24(38)28(16)2/h5-10H,11-12H2,1-4H3,(H,25,31)(H,26,32). The van der Waals surface area contributed by atoms with Crippen LogP contribution in [-0.4, -0.2) is 55.2 Å². The third-order valence-corrected chi connectivity index (χ3v) is 5.61. The minimum atomic E-state index is -0.896. The van der Waals surface area contributed by atoms with E-state index >= 15 is 0 Å². The predicted octanol–water partition coefficient (Wildman–Crippen LogP) is -1.93. The quantitative estimate of drug-likeness (QED) is 0.295. The van der Waals surface area contributed by atoms with Gasteiger partial charge in [-0.15, -0.1) is 0 Å². The summed E-state index contributed by atoms with van der Waals surface area (Å²) in [7, 11) is 5.25. The smallest absolute Gasteiger partial charge is 0.338 e. The molecule has 0 atom stereocenters. The minimum Gasteiger partial charge on any atom is -0.452 e. The molecule has 0 aliphatic heterocycles. The highest BCUT2D eigenvalue weighted by atomic mass is 16.5. The third kappa shape index (κ3) is 6.47. The highest BCUT2D eigenvalue weighted by molar-refractivity contribution is 5.97. The molecule has 210 valence electrons. The highest BCUT2D eigenvalue weighted by Crippen LogP contribution is 2.08. The third-order valence-electron chi connectivity index (χ3n) is 5.61. The van der Waals surface area contributed by atoms with Crippen LogP contribution in [0.25, 0.3) is 0 Å². The number of aromatic nitrogens is 4. The van der Waals surface area contributed by atoms with Crippen LogP contribution in [-0.2, 0) is 47.3 Å². The fourth-order valence-corrected chi connectivity index (χ4v) is 3.23. The van der Waals surface area contributed by atoms with E-state index in [1.807, 2.05) is 0 Å². The second kappa shape index (κ2) is 11.9. The molecule has 3 aromatic rings. The van der Waals surface area contributed by atoms with Crippen molar-refractivity contribution in [2.45, 2.75) is 0 Å². The van der Waals surface area contributed by atoms with Crippen molar-refractivity contribution in [3.8, 4) is 0 Å². The van der Waals surface area contributed by atoms with Gasteiger partial charge >= 0.3 is 23.3 Å². The fourth-order valence-electron chi connectivity index (χ4n) is 3.23. The van der Waals surface area contributed by atoms with E-state index in [-0.39, 0.29) is 22.8 Å². The van der Waals surface area contributed by atoms with Gasteiger partial charge < -0.3 is 20.1 Å². The van der Waals surface area contributed by atoms with E-state index in [4.69, 9.17) is 9.47 Å². The van der Waals surface area contributed by atoms with Crippen molar-refractivity contribution in [2.24, 2.45) is 28.2 Å². The maximum atomic E-state index is 12.3. The second-order valence-electron chi connectivity index (χ2n) is 8.36. The van der Waals surface area contributed by atoms with Crippen molar-refractivity contribution in [2.75, 3.05) is 23.8 Å². The van der Waals surface area contributed by atoms with E-state index in [0.717, 1.165) is 30.4 Å². The van der Waals surface area contributed by atoms with Crippen molar-refractivity contribution in [3.05, 3.63) is 89.2 Å². The molecule has 0 unspecified atom stereocenters. The first-order valence-electron chi connectivity index (χ1n) is 11.4. The molecule has 0 fully saturated rings. The number of nitrogens with one attached hydrogen (secondary N) is 2. The van der Waals surface area contributed by atoms with E-state index in [0.29, 0.717) is 0 Å². The van der Waals surface area contributed by atoms with E-state index in [1.165, 1.54) is 52.5 Å². The number of hydrogen-bond donors (Lipinski definition) is 2. The number of hydrogen-bond acceptors (Lipinski definition) is 10. The molecule has 3 rings (SSSR count). The Morgan fingerprint density at radius 2 is 0.925 bits per heavy atom. The largest absolute Gasteiger partial charge is 0.452 e. The van der Waals surface area contributed by atoms with Crippen molar-refractivity contribution >= 4 is 35.4 Å². The van der Waals surface area contributed by atoms with Crippen LogP contribution in [0.15, 0.2) is 55.6 Å². The Labute approximate surface area is 224 Å². The molecular formula is C24H24N6O10. The van der Waals surface area contributed by atoms with Crippen LogP contribution < -0.4 is 33.1 Å². The highest BCUT2D eigenvalue weighted by Gasteiger charge is 2.16. The Hall–Kier alpha value is -5.54. The summed E-state index contributed by atoms with van der Waals surface area (Å²) >= 11 is 0. The average molecular weight is 556 g/mol. The molecule has 16 nitrogen and oxygen atoms in total. The summed E-state index contributed by atoms with van der Waals surface area (Å²) in [4.78, 5) is 96.1. The van der Waals surface area contributed by atoms with Gasteiger partial charge in [0.2, 0.25) is 0 Å². The molecule has 16 heteroatoms. The van der Waals surface area contributed by atoms with E-state index in [1.54, 1.807) is 0 Å². The number of benzene rings is 1. The van der Waals surface area contributed by atoms with Crippen molar-refractivity contribution < 1.29 is 28.7 Å². The summed E-state index contributed by atoms with van der Waals surface area (Å²) in [5.41, 5.74) is -2.59. The van der Waals surface area contributed by atoms with E-state index in [2.05, 4.69) is 10.6 Å². The lowest BCUT2D eigenvalue weighted by Crippen LogP contribution is -2.38. The molecule has 0 spiro atoms. The molecular weight excluding hydrogens is 532 g/mol. The topological polar surface area (TPSA) is 199 Å². The first-order chi connectivity index (χ1) is 18.8. The zero-order valence-corrected chi connectivity index (χ0v) is 21.7. The Balaban J connectivity index is 1.52. The first kappa shape index (κ1) is 29.0. The molecule has 2 aromatic heterocycles. The van der Waals surface area contributed by atoms with Gasteiger partial charge in [0.15, 0.2) is 13.2 Å². The SMILES string of the molecule is Cn1c(NC(=O)COC(=O)c2ccc(C(=O)OCC(=O)Nc3cc(=O)n(C)c(=O)n3C)cc2)cc(=O)n(C)c1=O. The molecule has 0 saturated carbocycles. The van der Waals surface area contributed by atoms with Gasteiger partial charge in [-0.1, -0.05) is 0 Å². The molecule has 40 heavy (non-hydrogen) atoms.